The average Bonchev–Trinajstić information content (AvgIpc) is 2.28. The van der Waals surface area contributed by atoms with Gasteiger partial charge in [-0.2, -0.15) is 0 Å². The molecule has 1 aromatic carbocycles. The van der Waals surface area contributed by atoms with E-state index in [0.29, 0.717) is 0 Å². The van der Waals surface area contributed by atoms with Crippen molar-refractivity contribution in [3.8, 4) is 0 Å². The molecule has 1 aliphatic rings. The predicted molar refractivity (Wildman–Crippen MR) is 85.4 cm³/mol. The second kappa shape index (κ2) is 6.64. The van der Waals surface area contributed by atoms with Crippen LogP contribution in [-0.4, -0.2) is 24.0 Å². The third kappa shape index (κ3) is 4.24. The lowest BCUT2D eigenvalue weighted by atomic mass is 9.79. The summed E-state index contributed by atoms with van der Waals surface area (Å²) in [7, 11) is 0. The quantitative estimate of drug-likeness (QED) is 0.892. The Morgan fingerprint density at radius 3 is 2.68 bits per heavy atom. The van der Waals surface area contributed by atoms with Gasteiger partial charge in [-0.1, -0.05) is 37.0 Å². The molecule has 0 bridgehead atoms. The van der Waals surface area contributed by atoms with Crippen LogP contribution in [0.25, 0.3) is 0 Å². The number of rotatable bonds is 2. The van der Waals surface area contributed by atoms with Crippen LogP contribution >= 0.6 is 35.6 Å². The lowest BCUT2D eigenvalue weighted by Crippen LogP contribution is -2.52. The fourth-order valence-electron chi connectivity index (χ4n) is 2.53. The molecular formula is C14H21Cl3N2. The molecule has 1 saturated heterocycles. The molecule has 0 spiro atoms. The third-order valence-corrected chi connectivity index (χ3v) is 4.40. The standard InChI is InChI=1S/C14H20Cl2N2.ClH/c1-14(2)9-18(6-5-13(14)17)8-10-7-11(15)3-4-12(10)16;/h3-4,7,13H,5-6,8-9,17H2,1-2H3;1H. The van der Waals surface area contributed by atoms with Gasteiger partial charge in [0.25, 0.3) is 0 Å². The lowest BCUT2D eigenvalue weighted by molar-refractivity contribution is 0.0899. The number of benzene rings is 1. The van der Waals surface area contributed by atoms with Gasteiger partial charge in [-0.05, 0) is 35.6 Å². The number of piperidine rings is 1. The van der Waals surface area contributed by atoms with Gasteiger partial charge in [0.05, 0.1) is 0 Å². The lowest BCUT2D eigenvalue weighted by Gasteiger charge is -2.42. The van der Waals surface area contributed by atoms with Crippen LogP contribution in [0.4, 0.5) is 0 Å². The van der Waals surface area contributed by atoms with Crippen LogP contribution in [0.1, 0.15) is 25.8 Å². The fourth-order valence-corrected chi connectivity index (χ4v) is 2.90. The van der Waals surface area contributed by atoms with Crippen LogP contribution < -0.4 is 5.73 Å². The van der Waals surface area contributed by atoms with Crippen molar-refractivity contribution in [1.82, 2.24) is 4.90 Å². The summed E-state index contributed by atoms with van der Waals surface area (Å²) in [6.07, 6.45) is 1.03. The maximum absolute atomic E-state index is 6.21. The van der Waals surface area contributed by atoms with E-state index >= 15 is 0 Å². The van der Waals surface area contributed by atoms with Gasteiger partial charge < -0.3 is 5.73 Å². The van der Waals surface area contributed by atoms with Crippen LogP contribution in [0.15, 0.2) is 18.2 Å². The Labute approximate surface area is 131 Å². The van der Waals surface area contributed by atoms with E-state index in [4.69, 9.17) is 28.9 Å². The van der Waals surface area contributed by atoms with Crippen LogP contribution in [0.5, 0.6) is 0 Å². The molecule has 0 aliphatic carbocycles. The van der Waals surface area contributed by atoms with E-state index in [1.165, 1.54) is 0 Å². The van der Waals surface area contributed by atoms with E-state index in [1.807, 2.05) is 18.2 Å². The Morgan fingerprint density at radius 1 is 1.37 bits per heavy atom. The Morgan fingerprint density at radius 2 is 2.05 bits per heavy atom. The molecule has 0 radical (unpaired) electrons. The fraction of sp³-hybridized carbons (Fsp3) is 0.571. The zero-order valence-corrected chi connectivity index (χ0v) is 13.7. The highest BCUT2D eigenvalue weighted by atomic mass is 35.5. The number of nitrogens with two attached hydrogens (primary N) is 1. The second-order valence-corrected chi connectivity index (χ2v) is 6.67. The summed E-state index contributed by atoms with van der Waals surface area (Å²) in [5.74, 6) is 0. The van der Waals surface area contributed by atoms with Gasteiger partial charge in [-0.25, -0.2) is 0 Å². The summed E-state index contributed by atoms with van der Waals surface area (Å²) in [6, 6.07) is 5.91. The maximum Gasteiger partial charge on any atom is 0.0452 e. The van der Waals surface area contributed by atoms with Crippen molar-refractivity contribution in [3.63, 3.8) is 0 Å². The largest absolute Gasteiger partial charge is 0.327 e. The molecule has 1 aromatic rings. The first-order valence-corrected chi connectivity index (χ1v) is 7.06. The predicted octanol–water partition coefficient (Wildman–Crippen LogP) is 3.97. The van der Waals surface area contributed by atoms with Gasteiger partial charge in [0.15, 0.2) is 0 Å². The smallest absolute Gasteiger partial charge is 0.0452 e. The van der Waals surface area contributed by atoms with Crippen molar-refractivity contribution < 1.29 is 0 Å². The molecule has 108 valence electrons. The molecule has 0 saturated carbocycles. The van der Waals surface area contributed by atoms with E-state index < -0.39 is 0 Å². The molecule has 1 heterocycles. The monoisotopic (exact) mass is 322 g/mol. The summed E-state index contributed by atoms with van der Waals surface area (Å²) in [6.45, 7) is 7.31. The number of halogens is 3. The summed E-state index contributed by atoms with van der Waals surface area (Å²) in [5.41, 5.74) is 7.40. The highest BCUT2D eigenvalue weighted by molar-refractivity contribution is 6.33. The Kier molecular flexibility index (Phi) is 5.96. The van der Waals surface area contributed by atoms with E-state index in [1.54, 1.807) is 0 Å². The molecule has 1 aliphatic heterocycles. The second-order valence-electron chi connectivity index (χ2n) is 5.83. The van der Waals surface area contributed by atoms with Crippen molar-refractivity contribution in [3.05, 3.63) is 33.8 Å². The van der Waals surface area contributed by atoms with Crippen molar-refractivity contribution in [2.75, 3.05) is 13.1 Å². The minimum atomic E-state index is 0. The van der Waals surface area contributed by atoms with E-state index in [2.05, 4.69) is 18.7 Å². The minimum absolute atomic E-state index is 0. The Balaban J connectivity index is 0.00000180. The molecule has 2 nitrogen and oxygen atoms in total. The molecular weight excluding hydrogens is 303 g/mol. The number of nitrogens with zero attached hydrogens (tertiary/aromatic N) is 1. The van der Waals surface area contributed by atoms with Crippen LogP contribution in [0.3, 0.4) is 0 Å². The number of hydrogen-bond donors (Lipinski definition) is 1. The highest BCUT2D eigenvalue weighted by Crippen LogP contribution is 2.30. The van der Waals surface area contributed by atoms with Crippen LogP contribution in [-0.2, 0) is 6.54 Å². The molecule has 5 heteroatoms. The molecule has 2 N–H and O–H groups in total. The molecule has 1 fully saturated rings. The Bertz CT molecular complexity index is 435. The zero-order valence-electron chi connectivity index (χ0n) is 11.3. The van der Waals surface area contributed by atoms with Crippen LogP contribution in [0.2, 0.25) is 10.0 Å². The van der Waals surface area contributed by atoms with E-state index in [-0.39, 0.29) is 23.9 Å². The first kappa shape index (κ1) is 17.1. The van der Waals surface area contributed by atoms with Gasteiger partial charge in [0, 0.05) is 35.7 Å². The van der Waals surface area contributed by atoms with Crippen molar-refractivity contribution >= 4 is 35.6 Å². The SMILES string of the molecule is CC1(C)CN(Cc2cc(Cl)ccc2Cl)CCC1N.Cl. The van der Waals surface area contributed by atoms with Gasteiger partial charge in [0.1, 0.15) is 0 Å². The van der Waals surface area contributed by atoms with Gasteiger partial charge in [-0.3, -0.25) is 4.90 Å². The summed E-state index contributed by atoms with van der Waals surface area (Å²) < 4.78 is 0. The molecule has 1 unspecified atom stereocenters. The van der Waals surface area contributed by atoms with Crippen molar-refractivity contribution in [2.24, 2.45) is 11.1 Å². The third-order valence-electron chi connectivity index (χ3n) is 3.79. The van der Waals surface area contributed by atoms with Crippen molar-refractivity contribution in [1.29, 1.82) is 0 Å². The van der Waals surface area contributed by atoms with Crippen molar-refractivity contribution in [2.45, 2.75) is 32.9 Å². The van der Waals surface area contributed by atoms with Gasteiger partial charge in [0.2, 0.25) is 0 Å². The first-order chi connectivity index (χ1) is 8.38. The zero-order chi connectivity index (χ0) is 13.3. The topological polar surface area (TPSA) is 29.3 Å². The highest BCUT2D eigenvalue weighted by Gasteiger charge is 2.33. The summed E-state index contributed by atoms with van der Waals surface area (Å²) in [5, 5.41) is 1.52. The Hall–Kier alpha value is 0.01000. The normalized spacial score (nSPS) is 22.9. The summed E-state index contributed by atoms with van der Waals surface area (Å²) >= 11 is 12.2. The van der Waals surface area contributed by atoms with Gasteiger partial charge in [-0.15, -0.1) is 12.4 Å². The van der Waals surface area contributed by atoms with Crippen LogP contribution in [0, 0.1) is 5.41 Å². The van der Waals surface area contributed by atoms with Gasteiger partial charge >= 0.3 is 0 Å². The summed E-state index contributed by atoms with van der Waals surface area (Å²) in [4.78, 5) is 2.40. The maximum atomic E-state index is 6.21. The molecule has 0 aromatic heterocycles. The molecule has 19 heavy (non-hydrogen) atoms. The first-order valence-electron chi connectivity index (χ1n) is 6.30. The molecule has 2 rings (SSSR count). The average molecular weight is 324 g/mol. The number of likely N-dealkylation sites (tertiary alicyclic amines) is 1. The minimum Gasteiger partial charge on any atom is -0.327 e. The number of hydrogen-bond acceptors (Lipinski definition) is 2. The molecule has 1 atom stereocenters. The van der Waals surface area contributed by atoms with E-state index in [0.717, 1.165) is 41.7 Å². The van der Waals surface area contributed by atoms with E-state index in [9.17, 15) is 0 Å². The molecule has 0 amide bonds.